The Labute approximate surface area is 156 Å². The third-order valence-corrected chi connectivity index (χ3v) is 4.98. The minimum absolute atomic E-state index is 0. The van der Waals surface area contributed by atoms with Crippen molar-refractivity contribution in [2.45, 2.75) is 50.1 Å². The molecular formula is C21H27ClN2O. The molecule has 3 rings (SSSR count). The lowest BCUT2D eigenvalue weighted by molar-refractivity contribution is -0.123. The van der Waals surface area contributed by atoms with E-state index in [1.807, 2.05) is 30.3 Å². The van der Waals surface area contributed by atoms with E-state index < -0.39 is 6.04 Å². The highest BCUT2D eigenvalue weighted by atomic mass is 35.5. The molecule has 4 heteroatoms. The van der Waals surface area contributed by atoms with Crippen molar-refractivity contribution >= 4 is 18.3 Å². The summed E-state index contributed by atoms with van der Waals surface area (Å²) in [5.74, 6) is 0.597. The van der Waals surface area contributed by atoms with Gasteiger partial charge in [-0.3, -0.25) is 4.79 Å². The van der Waals surface area contributed by atoms with Crippen LogP contribution in [0, 0.1) is 0 Å². The number of amides is 1. The second-order valence-corrected chi connectivity index (χ2v) is 6.76. The van der Waals surface area contributed by atoms with Crippen LogP contribution in [-0.2, 0) is 11.2 Å². The number of hydrogen-bond acceptors (Lipinski definition) is 2. The van der Waals surface area contributed by atoms with E-state index in [4.69, 9.17) is 5.73 Å². The van der Waals surface area contributed by atoms with Gasteiger partial charge in [0, 0.05) is 6.04 Å². The lowest BCUT2D eigenvalue weighted by Gasteiger charge is -2.30. The van der Waals surface area contributed by atoms with Crippen molar-refractivity contribution in [2.24, 2.45) is 5.73 Å². The van der Waals surface area contributed by atoms with Gasteiger partial charge in [-0.2, -0.15) is 0 Å². The standard InChI is InChI=1S/C21H26N2O.ClH/c22-20(15-16-7-3-1-4-8-16)21(24)23-19-13-11-18(12-14-19)17-9-5-2-6-10-17;/h1-10,18-20H,11-15,22H2,(H,23,24);1H. The Hall–Kier alpha value is -1.84. The molecule has 134 valence electrons. The first kappa shape index (κ1) is 19.5. The number of nitrogens with one attached hydrogen (secondary N) is 1. The molecule has 0 bridgehead atoms. The van der Waals surface area contributed by atoms with Gasteiger partial charge in [0.25, 0.3) is 0 Å². The smallest absolute Gasteiger partial charge is 0.237 e. The number of hydrogen-bond donors (Lipinski definition) is 2. The largest absolute Gasteiger partial charge is 0.352 e. The Morgan fingerprint density at radius 2 is 1.52 bits per heavy atom. The normalized spacial score (nSPS) is 21.0. The Bertz CT molecular complexity index is 639. The third-order valence-electron chi connectivity index (χ3n) is 4.98. The van der Waals surface area contributed by atoms with Gasteiger partial charge >= 0.3 is 0 Å². The molecule has 1 fully saturated rings. The molecule has 0 radical (unpaired) electrons. The summed E-state index contributed by atoms with van der Waals surface area (Å²) >= 11 is 0. The average Bonchev–Trinajstić information content (AvgIpc) is 2.64. The maximum absolute atomic E-state index is 12.3. The first-order valence-corrected chi connectivity index (χ1v) is 8.87. The SMILES string of the molecule is Cl.NC(Cc1ccccc1)C(=O)NC1CCC(c2ccccc2)CC1. The van der Waals surface area contributed by atoms with Crippen LogP contribution in [0.5, 0.6) is 0 Å². The third kappa shape index (κ3) is 5.58. The van der Waals surface area contributed by atoms with E-state index in [-0.39, 0.29) is 24.4 Å². The molecule has 1 aliphatic rings. The summed E-state index contributed by atoms with van der Waals surface area (Å²) in [6.07, 6.45) is 4.91. The molecule has 25 heavy (non-hydrogen) atoms. The molecule has 0 aliphatic heterocycles. The Kier molecular flexibility index (Phi) is 7.48. The molecule has 0 aromatic heterocycles. The molecule has 1 amide bonds. The van der Waals surface area contributed by atoms with Gasteiger partial charge in [-0.05, 0) is 49.1 Å². The van der Waals surface area contributed by atoms with Crippen LogP contribution in [0.2, 0.25) is 0 Å². The molecule has 2 aromatic carbocycles. The molecular weight excluding hydrogens is 332 g/mol. The van der Waals surface area contributed by atoms with Crippen molar-refractivity contribution in [3.63, 3.8) is 0 Å². The molecule has 3 N–H and O–H groups in total. The van der Waals surface area contributed by atoms with Crippen LogP contribution >= 0.6 is 12.4 Å². The van der Waals surface area contributed by atoms with Gasteiger partial charge in [0.05, 0.1) is 6.04 Å². The quantitative estimate of drug-likeness (QED) is 0.853. The maximum atomic E-state index is 12.3. The molecule has 1 atom stereocenters. The number of carbonyl (C=O) groups is 1. The number of benzene rings is 2. The molecule has 1 unspecified atom stereocenters. The van der Waals surface area contributed by atoms with Gasteiger partial charge in [-0.25, -0.2) is 0 Å². The lowest BCUT2D eigenvalue weighted by Crippen LogP contribution is -2.47. The van der Waals surface area contributed by atoms with Crippen LogP contribution < -0.4 is 11.1 Å². The van der Waals surface area contributed by atoms with Crippen molar-refractivity contribution in [1.82, 2.24) is 5.32 Å². The predicted octanol–water partition coefficient (Wildman–Crippen LogP) is 3.82. The van der Waals surface area contributed by atoms with Gasteiger partial charge in [0.1, 0.15) is 0 Å². The number of halogens is 1. The van der Waals surface area contributed by atoms with E-state index in [0.29, 0.717) is 12.3 Å². The van der Waals surface area contributed by atoms with Crippen molar-refractivity contribution in [3.8, 4) is 0 Å². The van der Waals surface area contributed by atoms with Crippen molar-refractivity contribution < 1.29 is 4.79 Å². The summed E-state index contributed by atoms with van der Waals surface area (Å²) in [6.45, 7) is 0. The van der Waals surface area contributed by atoms with E-state index >= 15 is 0 Å². The molecule has 1 aliphatic carbocycles. The van der Waals surface area contributed by atoms with Crippen LogP contribution in [0.4, 0.5) is 0 Å². The zero-order valence-electron chi connectivity index (χ0n) is 14.4. The maximum Gasteiger partial charge on any atom is 0.237 e. The summed E-state index contributed by atoms with van der Waals surface area (Å²) in [6, 6.07) is 20.4. The lowest BCUT2D eigenvalue weighted by atomic mass is 9.81. The Morgan fingerprint density at radius 3 is 2.12 bits per heavy atom. The fourth-order valence-electron chi connectivity index (χ4n) is 3.57. The molecule has 2 aromatic rings. The molecule has 0 saturated heterocycles. The Balaban J connectivity index is 0.00000225. The molecule has 0 spiro atoms. The van der Waals surface area contributed by atoms with Crippen molar-refractivity contribution in [1.29, 1.82) is 0 Å². The van der Waals surface area contributed by atoms with E-state index in [0.717, 1.165) is 31.2 Å². The summed E-state index contributed by atoms with van der Waals surface area (Å²) in [7, 11) is 0. The van der Waals surface area contributed by atoms with Crippen molar-refractivity contribution in [3.05, 3.63) is 71.8 Å². The molecule has 3 nitrogen and oxygen atoms in total. The van der Waals surface area contributed by atoms with E-state index in [1.54, 1.807) is 0 Å². The summed E-state index contributed by atoms with van der Waals surface area (Å²) in [5.41, 5.74) is 8.60. The van der Waals surface area contributed by atoms with E-state index in [9.17, 15) is 4.79 Å². The highest BCUT2D eigenvalue weighted by Gasteiger charge is 2.25. The van der Waals surface area contributed by atoms with Crippen molar-refractivity contribution in [2.75, 3.05) is 0 Å². The highest BCUT2D eigenvalue weighted by molar-refractivity contribution is 5.85. The second kappa shape index (κ2) is 9.59. The second-order valence-electron chi connectivity index (χ2n) is 6.76. The fourth-order valence-corrected chi connectivity index (χ4v) is 3.57. The number of carbonyl (C=O) groups excluding carboxylic acids is 1. The number of rotatable bonds is 5. The fraction of sp³-hybridized carbons (Fsp3) is 0.381. The summed E-state index contributed by atoms with van der Waals surface area (Å²) < 4.78 is 0. The summed E-state index contributed by atoms with van der Waals surface area (Å²) in [4.78, 5) is 12.3. The Morgan fingerprint density at radius 1 is 0.960 bits per heavy atom. The minimum Gasteiger partial charge on any atom is -0.352 e. The zero-order valence-corrected chi connectivity index (χ0v) is 15.3. The van der Waals surface area contributed by atoms with E-state index in [2.05, 4.69) is 35.6 Å². The van der Waals surface area contributed by atoms with Crippen LogP contribution in [-0.4, -0.2) is 18.0 Å². The van der Waals surface area contributed by atoms with Gasteiger partial charge in [-0.1, -0.05) is 60.7 Å². The number of nitrogens with two attached hydrogens (primary N) is 1. The van der Waals surface area contributed by atoms with Crippen LogP contribution in [0.15, 0.2) is 60.7 Å². The average molecular weight is 359 g/mol. The van der Waals surface area contributed by atoms with Gasteiger partial charge in [-0.15, -0.1) is 12.4 Å². The van der Waals surface area contributed by atoms with Gasteiger partial charge < -0.3 is 11.1 Å². The monoisotopic (exact) mass is 358 g/mol. The van der Waals surface area contributed by atoms with Crippen LogP contribution in [0.3, 0.4) is 0 Å². The topological polar surface area (TPSA) is 55.1 Å². The highest BCUT2D eigenvalue weighted by Crippen LogP contribution is 2.32. The zero-order chi connectivity index (χ0) is 16.8. The first-order valence-electron chi connectivity index (χ1n) is 8.87. The van der Waals surface area contributed by atoms with Crippen LogP contribution in [0.1, 0.15) is 42.7 Å². The van der Waals surface area contributed by atoms with Gasteiger partial charge in [0.15, 0.2) is 0 Å². The van der Waals surface area contributed by atoms with Crippen LogP contribution in [0.25, 0.3) is 0 Å². The minimum atomic E-state index is -0.473. The van der Waals surface area contributed by atoms with Gasteiger partial charge in [0.2, 0.25) is 5.91 Å². The summed E-state index contributed by atoms with van der Waals surface area (Å²) in [5, 5.41) is 3.15. The molecule has 0 heterocycles. The predicted molar refractivity (Wildman–Crippen MR) is 105 cm³/mol. The first-order chi connectivity index (χ1) is 11.7. The van der Waals surface area contributed by atoms with E-state index in [1.165, 1.54) is 5.56 Å². The molecule has 1 saturated carbocycles.